The van der Waals surface area contributed by atoms with Crippen LogP contribution in [0.2, 0.25) is 0 Å². The van der Waals surface area contributed by atoms with E-state index in [1.165, 1.54) is 33.4 Å². The summed E-state index contributed by atoms with van der Waals surface area (Å²) in [6, 6.07) is 24.0. The number of benzene rings is 6. The minimum Gasteiger partial charge on any atom is -0.508 e. The van der Waals surface area contributed by atoms with E-state index < -0.39 is 8.60 Å². The van der Waals surface area contributed by atoms with Gasteiger partial charge in [-0.2, -0.15) is 0 Å². The summed E-state index contributed by atoms with van der Waals surface area (Å²) in [5.74, 6) is 2.20. The molecule has 0 fully saturated rings. The van der Waals surface area contributed by atoms with Gasteiger partial charge in [0.1, 0.15) is 34.5 Å². The summed E-state index contributed by atoms with van der Waals surface area (Å²) >= 11 is 0. The first-order valence-corrected chi connectivity index (χ1v) is 28.7. The Morgan fingerprint density at radius 3 is 0.430 bits per heavy atom. The molecule has 9 nitrogen and oxygen atoms in total. The van der Waals surface area contributed by atoms with Crippen LogP contribution in [0.4, 0.5) is 0 Å². The predicted octanol–water partition coefficient (Wildman–Crippen LogP) is 16.9. The molecule has 0 atom stereocenters. The Morgan fingerprint density at radius 2 is 0.342 bits per heavy atom. The minimum atomic E-state index is -2.62. The third kappa shape index (κ3) is 18.7. The number of aromatic hydroxyl groups is 6. The zero-order valence-corrected chi connectivity index (χ0v) is 53.4. The first-order chi connectivity index (χ1) is 35.6. The van der Waals surface area contributed by atoms with Crippen LogP contribution in [0.25, 0.3) is 0 Å². The molecule has 9 N–H and O–H groups in total. The minimum absolute atomic E-state index is 0.104. The molecule has 6 aromatic carbocycles. The number of aryl methyl sites for hydroxylation is 6. The van der Waals surface area contributed by atoms with E-state index >= 15 is 0 Å². The Balaban J connectivity index is 0.000000301. The van der Waals surface area contributed by atoms with Crippen molar-refractivity contribution in [2.75, 3.05) is 0 Å². The van der Waals surface area contributed by atoms with Crippen LogP contribution >= 0.6 is 8.60 Å². The zero-order chi connectivity index (χ0) is 61.0. The van der Waals surface area contributed by atoms with Crippen LogP contribution in [-0.2, 0) is 51.8 Å². The maximum atomic E-state index is 10.3. The van der Waals surface area contributed by atoms with Crippen LogP contribution in [0.15, 0.2) is 72.8 Å². The van der Waals surface area contributed by atoms with Gasteiger partial charge in [-0.25, -0.2) is 0 Å². The van der Waals surface area contributed by atoms with E-state index in [0.717, 1.165) is 86.0 Å². The highest BCUT2D eigenvalue weighted by atomic mass is 31.2. The van der Waals surface area contributed by atoms with Gasteiger partial charge < -0.3 is 45.3 Å². The number of phenols is 6. The fourth-order valence-corrected chi connectivity index (χ4v) is 9.79. The van der Waals surface area contributed by atoms with Gasteiger partial charge in [0.25, 0.3) is 0 Å². The lowest BCUT2D eigenvalue weighted by Gasteiger charge is -2.24. The molecule has 0 heterocycles. The van der Waals surface area contributed by atoms with Gasteiger partial charge >= 0.3 is 8.60 Å². The van der Waals surface area contributed by atoms with Crippen molar-refractivity contribution in [2.45, 2.75) is 218 Å². The van der Waals surface area contributed by atoms with E-state index in [9.17, 15) is 30.6 Å². The summed E-state index contributed by atoms with van der Waals surface area (Å²) in [7, 11) is -2.62. The highest BCUT2D eigenvalue weighted by molar-refractivity contribution is 7.38. The largest absolute Gasteiger partial charge is 0.508 e. The highest BCUT2D eigenvalue weighted by Crippen LogP contribution is 2.40. The maximum Gasteiger partial charge on any atom is 0.324 e. The normalized spacial score (nSPS) is 12.3. The molecule has 79 heavy (non-hydrogen) atoms. The smallest absolute Gasteiger partial charge is 0.324 e. The number of phenolic OH excluding ortho intramolecular Hbond substituents is 6. The van der Waals surface area contributed by atoms with Crippen molar-refractivity contribution in [3.05, 3.63) is 173 Å². The molecule has 6 aromatic rings. The van der Waals surface area contributed by atoms with Gasteiger partial charge in [0, 0.05) is 0 Å². The number of hydrogen-bond donors (Lipinski definition) is 9. The van der Waals surface area contributed by atoms with Crippen molar-refractivity contribution in [2.24, 2.45) is 0 Å². The van der Waals surface area contributed by atoms with Crippen LogP contribution in [0.5, 0.6) is 34.5 Å². The lowest BCUT2D eigenvalue weighted by molar-refractivity contribution is 0.368. The van der Waals surface area contributed by atoms with Gasteiger partial charge in [-0.05, 0) is 230 Å². The molecule has 0 aliphatic heterocycles. The molecule has 0 aliphatic carbocycles. The first kappa shape index (κ1) is 67.7. The van der Waals surface area contributed by atoms with Gasteiger partial charge in [0.05, 0.1) is 0 Å². The molecule has 0 aliphatic rings. The molecule has 10 heteroatoms. The lowest BCUT2D eigenvalue weighted by Crippen LogP contribution is -2.13. The predicted molar refractivity (Wildman–Crippen MR) is 331 cm³/mol. The molecule has 0 saturated heterocycles. The van der Waals surface area contributed by atoms with Crippen LogP contribution in [0.3, 0.4) is 0 Å². The van der Waals surface area contributed by atoms with Crippen LogP contribution in [-0.4, -0.2) is 45.3 Å². The molecule has 6 rings (SSSR count). The molecule has 0 bridgehead atoms. The van der Waals surface area contributed by atoms with Gasteiger partial charge in [-0.1, -0.05) is 161 Å². The molecule has 434 valence electrons. The molecule has 0 unspecified atom stereocenters. The maximum absolute atomic E-state index is 10.3. The summed E-state index contributed by atoms with van der Waals surface area (Å²) < 4.78 is 0. The fourth-order valence-electron chi connectivity index (χ4n) is 9.79. The van der Waals surface area contributed by atoms with Crippen molar-refractivity contribution in [3.63, 3.8) is 0 Å². The average molecular weight is 1100 g/mol. The third-order valence-electron chi connectivity index (χ3n) is 14.7. The highest BCUT2D eigenvalue weighted by Gasteiger charge is 2.26. The third-order valence-corrected chi connectivity index (χ3v) is 14.7. The van der Waals surface area contributed by atoms with Crippen molar-refractivity contribution >= 4 is 8.60 Å². The van der Waals surface area contributed by atoms with E-state index in [-0.39, 0.29) is 32.5 Å². The SMILES string of the molecule is Cc1cc(O)c(C(C)(C)C)cc1Cc1cc(C(C)(C)C)c(O)cc1C.Cc1cc(O)c(C(C)(C)C)cc1Cc1cc(C(C)(C)C)c(O)cc1C.Cc1cc(O)c(C(C)(C)C)cc1Cc1cc(C(C)(C)C)c(O)cc1C.OP(O)O. The second-order valence-corrected chi connectivity index (χ2v) is 28.6. The van der Waals surface area contributed by atoms with Crippen LogP contribution in [0, 0.1) is 41.5 Å². The Kier molecular flexibility index (Phi) is 21.8. The second kappa shape index (κ2) is 25.5. The molecule has 0 amide bonds. The van der Waals surface area contributed by atoms with Crippen LogP contribution < -0.4 is 0 Å². The van der Waals surface area contributed by atoms with E-state index in [4.69, 9.17) is 14.7 Å². The van der Waals surface area contributed by atoms with Gasteiger partial charge in [0.2, 0.25) is 0 Å². The van der Waals surface area contributed by atoms with Crippen molar-refractivity contribution in [1.29, 1.82) is 0 Å². The first-order valence-electron chi connectivity index (χ1n) is 27.5. The lowest BCUT2D eigenvalue weighted by atomic mass is 9.81. The number of hydrogen-bond acceptors (Lipinski definition) is 9. The molecule has 0 saturated carbocycles. The molecular weight excluding hydrogens is 1000 g/mol. The Hall–Kier alpha value is -5.57. The van der Waals surface area contributed by atoms with Crippen molar-refractivity contribution in [3.8, 4) is 34.5 Å². The summed E-state index contributed by atoms with van der Waals surface area (Å²) in [4.78, 5) is 21.7. The van der Waals surface area contributed by atoms with E-state index in [1.807, 2.05) is 77.9 Å². The van der Waals surface area contributed by atoms with Crippen molar-refractivity contribution in [1.82, 2.24) is 0 Å². The Morgan fingerprint density at radius 1 is 0.241 bits per heavy atom. The standard InChI is InChI=1S/3C23H32O2.H3O3P/c3*1-14-9-20(24)18(22(3,4)5)12-16(14)11-17-13-19(23(6,7)8)21(25)10-15(17)2;1-4(2)3/h3*9-10,12-13,24-25H,11H2,1-8H3;1-3H. The van der Waals surface area contributed by atoms with Crippen LogP contribution in [0.1, 0.15) is 225 Å². The second-order valence-electron chi connectivity index (χ2n) is 28.1. The Labute approximate surface area is 477 Å². The van der Waals surface area contributed by atoms with E-state index in [2.05, 4.69) is 161 Å². The molecular formula is C69H99O9P. The fraction of sp³-hybridized carbons (Fsp3) is 0.478. The van der Waals surface area contributed by atoms with Crippen molar-refractivity contribution < 1.29 is 45.3 Å². The van der Waals surface area contributed by atoms with Gasteiger partial charge in [-0.3, -0.25) is 0 Å². The summed E-state index contributed by atoms with van der Waals surface area (Å²) in [6.45, 7) is 50.3. The molecule has 0 spiro atoms. The van der Waals surface area contributed by atoms with Gasteiger partial charge in [-0.15, -0.1) is 0 Å². The summed E-state index contributed by atoms with van der Waals surface area (Å²) in [5, 5.41) is 62.0. The summed E-state index contributed by atoms with van der Waals surface area (Å²) in [6.07, 6.45) is 2.39. The Bertz CT molecular complexity index is 2550. The number of rotatable bonds is 6. The molecule has 0 radical (unpaired) electrons. The quantitative estimate of drug-likeness (QED) is 0.0733. The van der Waals surface area contributed by atoms with Gasteiger partial charge in [0.15, 0.2) is 0 Å². The van der Waals surface area contributed by atoms with E-state index in [0.29, 0.717) is 34.5 Å². The summed E-state index contributed by atoms with van der Waals surface area (Å²) in [5.41, 5.74) is 19.1. The monoisotopic (exact) mass is 1100 g/mol. The topological polar surface area (TPSA) is 182 Å². The molecule has 0 aromatic heterocycles. The zero-order valence-electron chi connectivity index (χ0n) is 52.5. The van der Waals surface area contributed by atoms with E-state index in [1.54, 1.807) is 0 Å². The average Bonchev–Trinajstić information content (AvgIpc) is 3.23.